The van der Waals surface area contributed by atoms with Gasteiger partial charge < -0.3 is 14.4 Å². The maximum atomic E-state index is 12.9. The molecule has 1 N–H and O–H groups in total. The summed E-state index contributed by atoms with van der Waals surface area (Å²) in [7, 11) is 0. The molecule has 1 aromatic carbocycles. The average molecular weight is 481 g/mol. The number of anilines is 1. The lowest BCUT2D eigenvalue weighted by atomic mass is 9.82. The first-order chi connectivity index (χ1) is 16.0. The third kappa shape index (κ3) is 4.63. The van der Waals surface area contributed by atoms with Crippen LogP contribution in [-0.4, -0.2) is 33.3 Å². The minimum atomic E-state index is -0.554. The van der Waals surface area contributed by atoms with Crippen LogP contribution in [0, 0.1) is 5.92 Å². The van der Waals surface area contributed by atoms with Gasteiger partial charge in [0.25, 0.3) is 5.91 Å². The summed E-state index contributed by atoms with van der Waals surface area (Å²) in [6, 6.07) is 9.45. The Hall–Kier alpha value is -2.84. The molecule has 2 aromatic rings. The number of amides is 1. The fraction of sp³-hybridized carbons (Fsp3) is 0.320. The molecule has 0 spiro atoms. The molecular weight excluding hydrogens is 456 g/mol. The maximum Gasteiger partial charge on any atom is 0.266 e. The Morgan fingerprint density at radius 2 is 2.03 bits per heavy atom. The van der Waals surface area contributed by atoms with Crippen molar-refractivity contribution in [1.82, 2.24) is 4.90 Å². The number of thioether (sulfide) groups is 1. The van der Waals surface area contributed by atoms with E-state index in [0.717, 1.165) is 30.8 Å². The molecule has 1 amide bonds. The number of nitrogens with zero attached hydrogens (tertiary/aromatic N) is 2. The first-order valence-electron chi connectivity index (χ1n) is 11.1. The molecule has 1 aromatic heterocycles. The van der Waals surface area contributed by atoms with Gasteiger partial charge in [-0.2, -0.15) is 0 Å². The zero-order valence-electron chi connectivity index (χ0n) is 18.0. The third-order valence-corrected chi connectivity index (χ3v) is 7.80. The quantitative estimate of drug-likeness (QED) is 0.387. The van der Waals surface area contributed by atoms with Gasteiger partial charge in [0.05, 0.1) is 11.4 Å². The van der Waals surface area contributed by atoms with Crippen molar-refractivity contribution < 1.29 is 14.3 Å². The summed E-state index contributed by atoms with van der Waals surface area (Å²) in [6.45, 7) is 2.13. The van der Waals surface area contributed by atoms with Crippen LogP contribution in [0.2, 0.25) is 0 Å². The van der Waals surface area contributed by atoms with Crippen molar-refractivity contribution in [3.63, 3.8) is 0 Å². The van der Waals surface area contributed by atoms with Crippen LogP contribution in [0.1, 0.15) is 37.0 Å². The number of piperidine rings is 1. The minimum absolute atomic E-state index is 0.0439. The van der Waals surface area contributed by atoms with Gasteiger partial charge in [-0.3, -0.25) is 14.5 Å². The van der Waals surface area contributed by atoms with Gasteiger partial charge in [0.2, 0.25) is 5.43 Å². The second-order valence-corrected chi connectivity index (χ2v) is 10.2. The zero-order valence-corrected chi connectivity index (χ0v) is 19.7. The second-order valence-electron chi connectivity index (χ2n) is 8.57. The minimum Gasteiger partial charge on any atom is -0.502 e. The Balaban J connectivity index is 1.27. The van der Waals surface area contributed by atoms with Crippen LogP contribution in [0.25, 0.3) is 6.08 Å². The maximum absolute atomic E-state index is 12.9. The van der Waals surface area contributed by atoms with Crippen molar-refractivity contribution in [2.45, 2.75) is 32.2 Å². The van der Waals surface area contributed by atoms with Crippen molar-refractivity contribution in [1.29, 1.82) is 0 Å². The first-order valence-corrected chi connectivity index (χ1v) is 12.3. The second kappa shape index (κ2) is 9.19. The first kappa shape index (κ1) is 22.0. The van der Waals surface area contributed by atoms with Gasteiger partial charge in [-0.05, 0) is 55.4 Å². The molecule has 3 heterocycles. The number of rotatable bonds is 4. The lowest BCUT2D eigenvalue weighted by molar-refractivity contribution is -0.122. The molecule has 3 aliphatic rings. The highest BCUT2D eigenvalue weighted by atomic mass is 32.2. The van der Waals surface area contributed by atoms with E-state index >= 15 is 0 Å². The van der Waals surface area contributed by atoms with Crippen molar-refractivity contribution >= 4 is 46.0 Å². The van der Waals surface area contributed by atoms with Crippen molar-refractivity contribution in [3.8, 4) is 5.75 Å². The van der Waals surface area contributed by atoms with Crippen molar-refractivity contribution in [2.75, 3.05) is 18.0 Å². The highest BCUT2D eigenvalue weighted by Crippen LogP contribution is 2.35. The van der Waals surface area contributed by atoms with Gasteiger partial charge in [-0.25, -0.2) is 0 Å². The van der Waals surface area contributed by atoms with Crippen LogP contribution in [0.15, 0.2) is 62.4 Å². The Labute approximate surface area is 201 Å². The normalized spacial score (nSPS) is 22.0. The number of aromatic hydroxyl groups is 1. The van der Waals surface area contributed by atoms with E-state index in [4.69, 9.17) is 16.6 Å². The summed E-state index contributed by atoms with van der Waals surface area (Å²) in [5.74, 6) is 0.339. The molecule has 2 saturated heterocycles. The predicted molar refractivity (Wildman–Crippen MR) is 134 cm³/mol. The highest BCUT2D eigenvalue weighted by molar-refractivity contribution is 8.26. The van der Waals surface area contributed by atoms with Gasteiger partial charge in [0.15, 0.2) is 5.75 Å². The van der Waals surface area contributed by atoms with E-state index in [-0.39, 0.29) is 18.2 Å². The van der Waals surface area contributed by atoms with Gasteiger partial charge in [0.1, 0.15) is 16.3 Å². The summed E-state index contributed by atoms with van der Waals surface area (Å²) < 4.78 is 5.62. The largest absolute Gasteiger partial charge is 0.502 e. The molecule has 0 radical (unpaired) electrons. The molecule has 1 unspecified atom stereocenters. The number of hydrogen-bond donors (Lipinski definition) is 1. The van der Waals surface area contributed by atoms with Crippen LogP contribution in [0.3, 0.4) is 0 Å². The van der Waals surface area contributed by atoms with Gasteiger partial charge >= 0.3 is 0 Å². The van der Waals surface area contributed by atoms with Crippen LogP contribution in [-0.2, 0) is 11.3 Å². The van der Waals surface area contributed by atoms with E-state index in [1.54, 1.807) is 5.57 Å². The Morgan fingerprint density at radius 1 is 1.21 bits per heavy atom. The molecule has 1 aliphatic carbocycles. The van der Waals surface area contributed by atoms with Crippen molar-refractivity contribution in [3.05, 3.63) is 74.7 Å². The molecule has 170 valence electrons. The lowest BCUT2D eigenvalue weighted by Crippen LogP contribution is -2.36. The van der Waals surface area contributed by atoms with Gasteiger partial charge in [-0.1, -0.05) is 47.8 Å². The Morgan fingerprint density at radius 3 is 2.82 bits per heavy atom. The summed E-state index contributed by atoms with van der Waals surface area (Å²) in [6.07, 6.45) is 10.3. The van der Waals surface area contributed by atoms with Crippen LogP contribution >= 0.6 is 24.0 Å². The topological polar surface area (TPSA) is 74.0 Å². The summed E-state index contributed by atoms with van der Waals surface area (Å²) in [5.41, 5.74) is 3.17. The molecule has 8 heteroatoms. The molecule has 0 bridgehead atoms. The standard InChI is InChI=1S/C25H24N2O4S2/c28-21-12-20(31-15-22(21)29)14-27-24(30)23(33-25(27)32)11-16-5-7-19(8-6-16)26-10-9-17-3-1-2-4-18(17)13-26/h4-8,11-12,15,17,29H,1-3,9-10,13-14H2. The average Bonchev–Trinajstić information content (AvgIpc) is 3.09. The Kier molecular flexibility index (Phi) is 6.12. The van der Waals surface area contributed by atoms with E-state index in [2.05, 4.69) is 23.1 Å². The molecule has 5 rings (SSSR count). The van der Waals surface area contributed by atoms with Gasteiger partial charge in [0, 0.05) is 24.8 Å². The number of fused-ring (bicyclic) bond motifs is 1. The SMILES string of the molecule is O=C1C(=Cc2ccc(N3CCC4CCCC=C4C3)cc2)SC(=S)N1Cc1cc(=O)c(O)co1. The highest BCUT2D eigenvalue weighted by Gasteiger charge is 2.32. The molecule has 33 heavy (non-hydrogen) atoms. The molecule has 0 saturated carbocycles. The van der Waals surface area contributed by atoms with E-state index in [1.165, 1.54) is 54.1 Å². The number of thiocarbonyl (C=S) groups is 1. The van der Waals surface area contributed by atoms with Crippen molar-refractivity contribution in [2.24, 2.45) is 5.92 Å². The van der Waals surface area contributed by atoms with E-state index < -0.39 is 11.2 Å². The van der Waals surface area contributed by atoms with E-state index in [9.17, 15) is 14.7 Å². The smallest absolute Gasteiger partial charge is 0.266 e. The number of carbonyl (C=O) groups excluding carboxylic acids is 1. The fourth-order valence-corrected chi connectivity index (χ4v) is 5.87. The molecule has 6 nitrogen and oxygen atoms in total. The monoisotopic (exact) mass is 480 g/mol. The van der Waals surface area contributed by atoms with E-state index in [0.29, 0.717) is 9.23 Å². The predicted octanol–water partition coefficient (Wildman–Crippen LogP) is 4.68. The number of carbonyl (C=O) groups is 1. The van der Waals surface area contributed by atoms with Crippen LogP contribution < -0.4 is 10.3 Å². The molecule has 2 aliphatic heterocycles. The molecule has 1 atom stereocenters. The summed E-state index contributed by atoms with van der Waals surface area (Å²) in [4.78, 5) is 28.9. The third-order valence-electron chi connectivity index (χ3n) is 6.42. The van der Waals surface area contributed by atoms with Crippen LogP contribution in [0.4, 0.5) is 5.69 Å². The number of allylic oxidation sites excluding steroid dienone is 1. The molecular formula is C25H24N2O4S2. The summed E-state index contributed by atoms with van der Waals surface area (Å²) >= 11 is 6.60. The number of hydrogen-bond acceptors (Lipinski definition) is 7. The summed E-state index contributed by atoms with van der Waals surface area (Å²) in [5, 5.41) is 9.34. The number of benzene rings is 1. The molecule has 2 fully saturated rings. The zero-order chi connectivity index (χ0) is 22.9. The van der Waals surface area contributed by atoms with Gasteiger partial charge in [-0.15, -0.1) is 0 Å². The van der Waals surface area contributed by atoms with Crippen LogP contribution in [0.5, 0.6) is 5.75 Å². The fourth-order valence-electron chi connectivity index (χ4n) is 4.61. The lowest BCUT2D eigenvalue weighted by Gasteiger charge is -2.37. The van der Waals surface area contributed by atoms with E-state index in [1.807, 2.05) is 18.2 Å². The Bertz CT molecular complexity index is 1220.